The minimum Gasteiger partial charge on any atom is -0.375 e. The van der Waals surface area contributed by atoms with Gasteiger partial charge in [-0.25, -0.2) is 4.39 Å². The first kappa shape index (κ1) is 13.4. The van der Waals surface area contributed by atoms with Crippen LogP contribution < -0.4 is 4.90 Å². The number of hydrogen-bond donors (Lipinski definition) is 1. The van der Waals surface area contributed by atoms with Gasteiger partial charge in [-0.05, 0) is 42.7 Å². The minimum absolute atomic E-state index is 0.173. The van der Waals surface area contributed by atoms with Gasteiger partial charge in [0, 0.05) is 19.3 Å². The third-order valence-electron chi connectivity index (χ3n) is 2.83. The van der Waals surface area contributed by atoms with Gasteiger partial charge >= 0.3 is 0 Å². The van der Waals surface area contributed by atoms with Crippen molar-refractivity contribution in [2.45, 2.75) is 19.8 Å². The van der Waals surface area contributed by atoms with Crippen molar-refractivity contribution in [1.82, 2.24) is 0 Å². The second-order valence-electron chi connectivity index (χ2n) is 4.31. The summed E-state index contributed by atoms with van der Waals surface area (Å²) in [4.78, 5) is 2.10. The number of hydrogen-bond acceptors (Lipinski definition) is 2. The number of thiol groups is 1. The van der Waals surface area contributed by atoms with Gasteiger partial charge in [-0.3, -0.25) is 0 Å². The smallest absolute Gasteiger partial charge is 0.125 e. The van der Waals surface area contributed by atoms with Crippen LogP contribution in [0.15, 0.2) is 24.3 Å². The Morgan fingerprint density at radius 3 is 2.75 bits per heavy atom. The van der Waals surface area contributed by atoms with Gasteiger partial charge in [0.05, 0.1) is 0 Å². The molecule has 3 heteroatoms. The normalized spacial score (nSPS) is 12.5. The monoisotopic (exact) mass is 241 g/mol. The maximum absolute atomic E-state index is 13.0. The Kier molecular flexibility index (Phi) is 5.67. The van der Waals surface area contributed by atoms with Crippen LogP contribution in [0, 0.1) is 11.7 Å². The van der Waals surface area contributed by atoms with Crippen molar-refractivity contribution in [3.05, 3.63) is 30.1 Å². The predicted octanol–water partition coefficient (Wildman–Crippen LogP) is 3.61. The van der Waals surface area contributed by atoms with Gasteiger partial charge in [0.2, 0.25) is 0 Å². The zero-order valence-electron chi connectivity index (χ0n) is 9.99. The number of anilines is 1. The van der Waals surface area contributed by atoms with Gasteiger partial charge in [-0.2, -0.15) is 12.6 Å². The Morgan fingerprint density at radius 1 is 1.38 bits per heavy atom. The maximum atomic E-state index is 13.0. The van der Waals surface area contributed by atoms with Crippen molar-refractivity contribution in [2.24, 2.45) is 5.92 Å². The summed E-state index contributed by atoms with van der Waals surface area (Å²) in [5.74, 6) is 1.44. The second-order valence-corrected chi connectivity index (χ2v) is 4.75. The highest BCUT2D eigenvalue weighted by molar-refractivity contribution is 7.80. The first-order chi connectivity index (χ1) is 7.63. The molecule has 16 heavy (non-hydrogen) atoms. The first-order valence-corrected chi connectivity index (χ1v) is 6.34. The highest BCUT2D eigenvalue weighted by atomic mass is 32.1. The molecule has 1 unspecified atom stereocenters. The SMILES string of the molecule is CC(CCS)CCN(C)c1cccc(F)c1. The summed E-state index contributed by atoms with van der Waals surface area (Å²) >= 11 is 4.22. The van der Waals surface area contributed by atoms with E-state index in [0.29, 0.717) is 5.92 Å². The number of nitrogens with zero attached hydrogens (tertiary/aromatic N) is 1. The zero-order valence-corrected chi connectivity index (χ0v) is 10.9. The molecule has 0 bridgehead atoms. The third kappa shape index (κ3) is 4.44. The maximum Gasteiger partial charge on any atom is 0.125 e. The van der Waals surface area contributed by atoms with E-state index in [0.717, 1.165) is 30.8 Å². The molecule has 1 atom stereocenters. The van der Waals surface area contributed by atoms with Crippen LogP contribution in [-0.2, 0) is 0 Å². The fraction of sp³-hybridized carbons (Fsp3) is 0.538. The predicted molar refractivity (Wildman–Crippen MR) is 71.9 cm³/mol. The lowest BCUT2D eigenvalue weighted by molar-refractivity contribution is 0.522. The van der Waals surface area contributed by atoms with Gasteiger partial charge in [-0.1, -0.05) is 13.0 Å². The molecule has 0 fully saturated rings. The molecule has 0 N–H and O–H groups in total. The molecule has 0 aliphatic rings. The molecular formula is C13H20FNS. The summed E-state index contributed by atoms with van der Waals surface area (Å²) in [5, 5.41) is 0. The third-order valence-corrected chi connectivity index (χ3v) is 3.09. The van der Waals surface area contributed by atoms with Crippen LogP contribution in [0.2, 0.25) is 0 Å². The van der Waals surface area contributed by atoms with Crippen LogP contribution in [0.3, 0.4) is 0 Å². The lowest BCUT2D eigenvalue weighted by Gasteiger charge is -2.21. The lowest BCUT2D eigenvalue weighted by atomic mass is 10.1. The summed E-state index contributed by atoms with van der Waals surface area (Å²) in [6.45, 7) is 3.19. The average Bonchev–Trinajstić information content (AvgIpc) is 2.26. The van der Waals surface area contributed by atoms with E-state index >= 15 is 0 Å². The van der Waals surface area contributed by atoms with Crippen molar-refractivity contribution in [1.29, 1.82) is 0 Å². The molecule has 0 radical (unpaired) electrons. The van der Waals surface area contributed by atoms with Crippen LogP contribution in [-0.4, -0.2) is 19.3 Å². The van der Waals surface area contributed by atoms with Crippen molar-refractivity contribution >= 4 is 18.3 Å². The molecule has 0 aliphatic heterocycles. The lowest BCUT2D eigenvalue weighted by Crippen LogP contribution is -2.20. The van der Waals surface area contributed by atoms with E-state index in [-0.39, 0.29) is 5.82 Å². The topological polar surface area (TPSA) is 3.24 Å². The van der Waals surface area contributed by atoms with Crippen molar-refractivity contribution in [3.63, 3.8) is 0 Å². The number of rotatable bonds is 6. The van der Waals surface area contributed by atoms with Gasteiger partial charge in [-0.15, -0.1) is 0 Å². The molecule has 0 aromatic heterocycles. The molecule has 1 aromatic rings. The molecule has 1 rings (SSSR count). The molecule has 0 saturated heterocycles. The molecule has 0 heterocycles. The molecule has 1 nitrogen and oxygen atoms in total. The van der Waals surface area contributed by atoms with Gasteiger partial charge in [0.1, 0.15) is 5.82 Å². The van der Waals surface area contributed by atoms with E-state index < -0.39 is 0 Å². The molecule has 90 valence electrons. The Bertz CT molecular complexity index is 317. The fourth-order valence-electron chi connectivity index (χ4n) is 1.62. The van der Waals surface area contributed by atoms with Crippen LogP contribution in [0.5, 0.6) is 0 Å². The molecule has 0 aliphatic carbocycles. The van der Waals surface area contributed by atoms with Gasteiger partial charge < -0.3 is 4.90 Å². The highest BCUT2D eigenvalue weighted by Gasteiger charge is 2.05. The summed E-state index contributed by atoms with van der Waals surface area (Å²) in [7, 11) is 2.00. The fourth-order valence-corrected chi connectivity index (χ4v) is 2.06. The van der Waals surface area contributed by atoms with Crippen LogP contribution in [0.1, 0.15) is 19.8 Å². The Labute approximate surface area is 103 Å². The largest absolute Gasteiger partial charge is 0.375 e. The van der Waals surface area contributed by atoms with E-state index in [2.05, 4.69) is 24.5 Å². The molecule has 0 saturated carbocycles. The number of halogens is 1. The van der Waals surface area contributed by atoms with E-state index in [1.807, 2.05) is 13.1 Å². The van der Waals surface area contributed by atoms with E-state index in [1.165, 1.54) is 6.07 Å². The van der Waals surface area contributed by atoms with Crippen LogP contribution >= 0.6 is 12.6 Å². The molecule has 0 spiro atoms. The summed E-state index contributed by atoms with van der Waals surface area (Å²) in [5.41, 5.74) is 0.943. The second kappa shape index (κ2) is 6.79. The van der Waals surface area contributed by atoms with Crippen molar-refractivity contribution in [3.8, 4) is 0 Å². The average molecular weight is 241 g/mol. The molecular weight excluding hydrogens is 221 g/mol. The van der Waals surface area contributed by atoms with E-state index in [9.17, 15) is 4.39 Å². The molecule has 0 amide bonds. The minimum atomic E-state index is -0.173. The van der Waals surface area contributed by atoms with Gasteiger partial charge in [0.15, 0.2) is 0 Å². The molecule has 1 aromatic carbocycles. The van der Waals surface area contributed by atoms with Crippen LogP contribution in [0.25, 0.3) is 0 Å². The zero-order chi connectivity index (χ0) is 12.0. The van der Waals surface area contributed by atoms with Crippen LogP contribution in [0.4, 0.5) is 10.1 Å². The Balaban J connectivity index is 2.43. The quantitative estimate of drug-likeness (QED) is 0.745. The summed E-state index contributed by atoms with van der Waals surface area (Å²) in [6.07, 6.45) is 2.26. The highest BCUT2D eigenvalue weighted by Crippen LogP contribution is 2.16. The first-order valence-electron chi connectivity index (χ1n) is 5.71. The Morgan fingerprint density at radius 2 is 2.12 bits per heavy atom. The standard InChI is InChI=1S/C13H20FNS/c1-11(7-9-16)6-8-15(2)13-5-3-4-12(14)10-13/h3-5,10-11,16H,6-9H2,1-2H3. The summed E-state index contributed by atoms with van der Waals surface area (Å²) < 4.78 is 13.0. The Hall–Kier alpha value is -0.700. The van der Waals surface area contributed by atoms with Gasteiger partial charge in [0.25, 0.3) is 0 Å². The van der Waals surface area contributed by atoms with E-state index in [4.69, 9.17) is 0 Å². The number of benzene rings is 1. The van der Waals surface area contributed by atoms with Crippen molar-refractivity contribution < 1.29 is 4.39 Å². The van der Waals surface area contributed by atoms with Crippen molar-refractivity contribution in [2.75, 3.05) is 24.2 Å². The van der Waals surface area contributed by atoms with E-state index in [1.54, 1.807) is 12.1 Å². The summed E-state index contributed by atoms with van der Waals surface area (Å²) in [6, 6.07) is 6.73.